The van der Waals surface area contributed by atoms with Gasteiger partial charge in [-0.25, -0.2) is 4.79 Å². The maximum absolute atomic E-state index is 11.6. The van der Waals surface area contributed by atoms with E-state index in [-0.39, 0.29) is 6.61 Å². The van der Waals surface area contributed by atoms with Crippen LogP contribution in [-0.2, 0) is 9.53 Å². The molecule has 0 bridgehead atoms. The lowest BCUT2D eigenvalue weighted by Gasteiger charge is -2.16. The van der Waals surface area contributed by atoms with Gasteiger partial charge in [0.05, 0.1) is 22.8 Å². The Bertz CT molecular complexity index is 787. The Morgan fingerprint density at radius 3 is 1.54 bits per heavy atom. The van der Waals surface area contributed by atoms with Gasteiger partial charge in [-0.1, -0.05) is 102 Å². The minimum absolute atomic E-state index is 0.220. The Morgan fingerprint density at radius 2 is 1.18 bits per heavy atom. The average molecular weight is 480 g/mol. The fourth-order valence-electron chi connectivity index (χ4n) is 2.39. The zero-order chi connectivity index (χ0) is 21.5. The van der Waals surface area contributed by atoms with Crippen molar-refractivity contribution < 1.29 is 14.3 Å². The molecule has 2 rings (SSSR count). The van der Waals surface area contributed by atoms with Crippen LogP contribution < -0.4 is 10.4 Å². The third-order valence-electron chi connectivity index (χ3n) is 4.18. The number of rotatable bonds is 5. The topological polar surface area (TPSA) is 43.4 Å². The molecule has 2 aromatic carbocycles. The highest BCUT2D eigenvalue weighted by molar-refractivity contribution is 9.10. The quantitative estimate of drug-likeness (QED) is 0.263. The van der Waals surface area contributed by atoms with E-state index in [2.05, 4.69) is 84.2 Å². The highest BCUT2D eigenvalue weighted by atomic mass is 79.9. The SMILES string of the molecule is CCOC(=O)C(=O)c1ccc([Si](C)(C)C)cc1.C[Si](C)(C)c1ccc(Br)cc1. The van der Waals surface area contributed by atoms with Crippen LogP contribution in [0.3, 0.4) is 0 Å². The molecule has 0 saturated heterocycles. The number of hydrogen-bond donors (Lipinski definition) is 0. The molecule has 3 nitrogen and oxygen atoms in total. The molecule has 0 aliphatic rings. The zero-order valence-electron chi connectivity index (χ0n) is 17.9. The molecule has 0 aliphatic heterocycles. The molecule has 0 saturated carbocycles. The van der Waals surface area contributed by atoms with Gasteiger partial charge in [0.1, 0.15) is 0 Å². The summed E-state index contributed by atoms with van der Waals surface area (Å²) in [6.45, 7) is 15.7. The molecule has 0 aliphatic carbocycles. The van der Waals surface area contributed by atoms with Crippen LogP contribution in [0.1, 0.15) is 17.3 Å². The maximum Gasteiger partial charge on any atom is 0.379 e. The molecule has 0 N–H and O–H groups in total. The predicted octanol–water partition coefficient (Wildman–Crippen LogP) is 4.97. The largest absolute Gasteiger partial charge is 0.460 e. The van der Waals surface area contributed by atoms with E-state index in [1.54, 1.807) is 19.1 Å². The molecule has 2 aromatic rings. The summed E-state index contributed by atoms with van der Waals surface area (Å²) in [7, 11) is -2.44. The molecule has 152 valence electrons. The summed E-state index contributed by atoms with van der Waals surface area (Å²) in [6.07, 6.45) is 0. The first-order valence-corrected chi connectivity index (χ1v) is 17.2. The highest BCUT2D eigenvalue weighted by Gasteiger charge is 2.20. The molecule has 0 fully saturated rings. The van der Waals surface area contributed by atoms with Crippen molar-refractivity contribution in [3.63, 3.8) is 0 Å². The van der Waals surface area contributed by atoms with Crippen molar-refractivity contribution in [1.29, 1.82) is 0 Å². The second kappa shape index (κ2) is 10.3. The van der Waals surface area contributed by atoms with E-state index in [0.29, 0.717) is 5.56 Å². The van der Waals surface area contributed by atoms with Crippen molar-refractivity contribution >= 4 is 54.2 Å². The number of ketones is 1. The number of Topliss-reactive ketones (excluding diaryl/α,β-unsaturated/α-hetero) is 1. The lowest BCUT2D eigenvalue weighted by Crippen LogP contribution is -2.37. The molecular weight excluding hydrogens is 448 g/mol. The predicted molar refractivity (Wildman–Crippen MR) is 128 cm³/mol. The van der Waals surface area contributed by atoms with Crippen molar-refractivity contribution in [2.75, 3.05) is 6.61 Å². The van der Waals surface area contributed by atoms with Crippen molar-refractivity contribution in [3.8, 4) is 0 Å². The summed E-state index contributed by atoms with van der Waals surface area (Å²) in [5, 5.41) is 2.78. The molecule has 0 unspecified atom stereocenters. The molecule has 0 spiro atoms. The standard InChI is InChI=1S/C13H18O3Si.C9H13BrSi/c1-5-16-13(15)12(14)10-6-8-11(9-7-10)17(2,3)4;1-11(2,3)9-6-4-8(10)5-7-9/h6-9H,5H2,1-4H3;4-7H,1-3H3. The summed E-state index contributed by atoms with van der Waals surface area (Å²) in [5.41, 5.74) is 0.394. The van der Waals surface area contributed by atoms with Crippen molar-refractivity contribution in [2.45, 2.75) is 46.2 Å². The number of ether oxygens (including phenoxy) is 1. The van der Waals surface area contributed by atoms with Crippen LogP contribution >= 0.6 is 15.9 Å². The summed E-state index contributed by atoms with van der Waals surface area (Å²) in [4.78, 5) is 22.9. The second-order valence-corrected chi connectivity index (χ2v) is 19.7. The Labute approximate surface area is 179 Å². The lowest BCUT2D eigenvalue weighted by molar-refractivity contribution is -0.137. The van der Waals surface area contributed by atoms with Gasteiger partial charge in [0.25, 0.3) is 5.78 Å². The minimum atomic E-state index is -1.36. The average Bonchev–Trinajstić information content (AvgIpc) is 2.61. The van der Waals surface area contributed by atoms with Gasteiger partial charge in [-0.15, -0.1) is 0 Å². The van der Waals surface area contributed by atoms with Crippen LogP contribution in [0.5, 0.6) is 0 Å². The van der Waals surface area contributed by atoms with Crippen molar-refractivity contribution in [2.24, 2.45) is 0 Å². The molecule has 28 heavy (non-hydrogen) atoms. The Morgan fingerprint density at radius 1 is 0.786 bits per heavy atom. The zero-order valence-corrected chi connectivity index (χ0v) is 21.5. The second-order valence-electron chi connectivity index (χ2n) is 8.63. The molecule has 6 heteroatoms. The van der Waals surface area contributed by atoms with Gasteiger partial charge in [-0.3, -0.25) is 4.79 Å². The van der Waals surface area contributed by atoms with Crippen LogP contribution in [0, 0.1) is 0 Å². The highest BCUT2D eigenvalue weighted by Crippen LogP contribution is 2.09. The number of carbonyl (C=O) groups is 2. The van der Waals surface area contributed by atoms with Crippen LogP contribution in [0.15, 0.2) is 53.0 Å². The van der Waals surface area contributed by atoms with Crippen LogP contribution in [0.2, 0.25) is 39.3 Å². The van der Waals surface area contributed by atoms with Gasteiger partial charge in [0.15, 0.2) is 0 Å². The first-order chi connectivity index (χ1) is 12.9. The van der Waals surface area contributed by atoms with Gasteiger partial charge in [-0.2, -0.15) is 0 Å². The summed E-state index contributed by atoms with van der Waals surface area (Å²) < 4.78 is 5.84. The van der Waals surface area contributed by atoms with Crippen LogP contribution in [0.25, 0.3) is 0 Å². The smallest absolute Gasteiger partial charge is 0.379 e. The summed E-state index contributed by atoms with van der Waals surface area (Å²) >= 11 is 3.43. The van der Waals surface area contributed by atoms with E-state index >= 15 is 0 Å². The molecule has 0 aromatic heterocycles. The lowest BCUT2D eigenvalue weighted by atomic mass is 10.1. The number of halogens is 1. The fourth-order valence-corrected chi connectivity index (χ4v) is 4.98. The fraction of sp³-hybridized carbons (Fsp3) is 0.364. The normalized spacial score (nSPS) is 11.3. The Hall–Kier alpha value is -1.51. The van der Waals surface area contributed by atoms with Crippen molar-refractivity contribution in [1.82, 2.24) is 0 Å². The van der Waals surface area contributed by atoms with Gasteiger partial charge in [0.2, 0.25) is 0 Å². The monoisotopic (exact) mass is 478 g/mol. The van der Waals surface area contributed by atoms with E-state index in [1.807, 2.05) is 12.1 Å². The molecule has 0 atom stereocenters. The molecule has 0 amide bonds. The number of carbonyl (C=O) groups excluding carboxylic acids is 2. The summed E-state index contributed by atoms with van der Waals surface area (Å²) in [6, 6.07) is 15.9. The van der Waals surface area contributed by atoms with Crippen LogP contribution in [0.4, 0.5) is 0 Å². The molecule has 0 radical (unpaired) electrons. The maximum atomic E-state index is 11.6. The number of hydrogen-bond acceptors (Lipinski definition) is 3. The third-order valence-corrected chi connectivity index (χ3v) is 8.84. The van der Waals surface area contributed by atoms with Gasteiger partial charge >= 0.3 is 5.97 Å². The van der Waals surface area contributed by atoms with E-state index in [0.717, 1.165) is 0 Å². The Balaban J connectivity index is 0.000000307. The number of benzene rings is 2. The Kier molecular flexibility index (Phi) is 9.04. The van der Waals surface area contributed by atoms with E-state index in [4.69, 9.17) is 0 Å². The first-order valence-electron chi connectivity index (χ1n) is 9.44. The van der Waals surface area contributed by atoms with E-state index < -0.39 is 27.9 Å². The first kappa shape index (κ1) is 24.5. The third kappa shape index (κ3) is 7.85. The minimum Gasteiger partial charge on any atom is -0.460 e. The van der Waals surface area contributed by atoms with Gasteiger partial charge in [0, 0.05) is 10.0 Å². The van der Waals surface area contributed by atoms with Crippen LogP contribution in [-0.4, -0.2) is 34.5 Å². The van der Waals surface area contributed by atoms with Gasteiger partial charge < -0.3 is 4.74 Å². The van der Waals surface area contributed by atoms with Gasteiger partial charge in [-0.05, 0) is 19.1 Å². The molecular formula is C22H31BrO3Si2. The van der Waals surface area contributed by atoms with E-state index in [1.165, 1.54) is 14.8 Å². The van der Waals surface area contributed by atoms with E-state index in [9.17, 15) is 9.59 Å². The number of esters is 1. The van der Waals surface area contributed by atoms with Crippen molar-refractivity contribution in [3.05, 3.63) is 58.6 Å². The molecule has 0 heterocycles. The summed E-state index contributed by atoms with van der Waals surface area (Å²) in [5.74, 6) is -1.36.